The number of fused-ring (bicyclic) bond motifs is 1. The molecule has 9 nitrogen and oxygen atoms in total. The first-order chi connectivity index (χ1) is 16.7. The summed E-state index contributed by atoms with van der Waals surface area (Å²) in [6, 6.07) is 5.72. The van der Waals surface area contributed by atoms with Gasteiger partial charge in [0.25, 0.3) is 11.8 Å². The molecule has 0 bridgehead atoms. The lowest BCUT2D eigenvalue weighted by Gasteiger charge is -2.31. The number of nitrogens with zero attached hydrogens (tertiary/aromatic N) is 1. The molecule has 10 heteroatoms. The normalized spacial score (nSPS) is 16.9. The maximum Gasteiger partial charge on any atom is 0.262 e. The monoisotopic (exact) mass is 521 g/mol. The van der Waals surface area contributed by atoms with Crippen LogP contribution in [0.5, 0.6) is 0 Å². The minimum absolute atomic E-state index is 0.0958. The van der Waals surface area contributed by atoms with Gasteiger partial charge >= 0.3 is 0 Å². The molecule has 1 aliphatic rings. The number of carbonyl (C=O) groups excluding carboxylic acids is 4. The fraction of sp³-hybridized carbons (Fsp3) is 0.615. The average Bonchev–Trinajstić information content (AvgIpc) is 3.01. The topological polar surface area (TPSA) is 122 Å². The third kappa shape index (κ3) is 7.74. The van der Waals surface area contributed by atoms with Crippen molar-refractivity contribution in [3.8, 4) is 0 Å². The number of amides is 4. The molecule has 200 valence electrons. The van der Waals surface area contributed by atoms with Gasteiger partial charge in [0.15, 0.2) is 0 Å². The van der Waals surface area contributed by atoms with Gasteiger partial charge in [-0.2, -0.15) is 0 Å². The molecule has 1 aromatic carbocycles. The van der Waals surface area contributed by atoms with E-state index in [4.69, 9.17) is 4.52 Å². The van der Waals surface area contributed by atoms with Crippen molar-refractivity contribution in [1.82, 2.24) is 15.5 Å². The van der Waals surface area contributed by atoms with Gasteiger partial charge in [0.05, 0.1) is 17.7 Å². The van der Waals surface area contributed by atoms with Crippen LogP contribution in [0.1, 0.15) is 75.1 Å². The minimum Gasteiger partial charge on any atom is -0.357 e. The van der Waals surface area contributed by atoms with Crippen LogP contribution >= 0.6 is 7.37 Å². The molecule has 1 heterocycles. The molecule has 1 aromatic rings. The molecule has 0 saturated heterocycles. The third-order valence-corrected chi connectivity index (χ3v) is 8.35. The summed E-state index contributed by atoms with van der Waals surface area (Å²) in [6.07, 6.45) is 0.261. The molecule has 2 N–H and O–H groups in total. The summed E-state index contributed by atoms with van der Waals surface area (Å²) >= 11 is 0. The zero-order valence-corrected chi connectivity index (χ0v) is 23.3. The van der Waals surface area contributed by atoms with E-state index in [-0.39, 0.29) is 41.1 Å². The van der Waals surface area contributed by atoms with Gasteiger partial charge in [0, 0.05) is 19.1 Å². The fourth-order valence-corrected chi connectivity index (χ4v) is 6.88. The molecule has 2 rings (SSSR count). The van der Waals surface area contributed by atoms with Crippen LogP contribution in [0.2, 0.25) is 0 Å². The van der Waals surface area contributed by atoms with Crippen LogP contribution in [-0.2, 0) is 18.7 Å². The Morgan fingerprint density at radius 3 is 2.06 bits per heavy atom. The summed E-state index contributed by atoms with van der Waals surface area (Å²) in [4.78, 5) is 52.6. The van der Waals surface area contributed by atoms with Crippen LogP contribution in [0.3, 0.4) is 0 Å². The molecule has 0 radical (unpaired) electrons. The van der Waals surface area contributed by atoms with Crippen molar-refractivity contribution in [3.63, 3.8) is 0 Å². The largest absolute Gasteiger partial charge is 0.357 e. The van der Waals surface area contributed by atoms with Gasteiger partial charge in [0.1, 0.15) is 12.3 Å². The molecule has 1 aliphatic heterocycles. The summed E-state index contributed by atoms with van der Waals surface area (Å²) in [5.41, 5.74) is 0.225. The van der Waals surface area contributed by atoms with Crippen molar-refractivity contribution >= 4 is 31.0 Å². The van der Waals surface area contributed by atoms with Crippen molar-refractivity contribution in [2.45, 2.75) is 60.4 Å². The Hall–Kier alpha value is -2.51. The first-order valence-corrected chi connectivity index (χ1v) is 14.4. The van der Waals surface area contributed by atoms with E-state index < -0.39 is 43.3 Å². The van der Waals surface area contributed by atoms with E-state index in [2.05, 4.69) is 10.6 Å². The summed E-state index contributed by atoms with van der Waals surface area (Å²) in [5, 5.41) is 5.42. The van der Waals surface area contributed by atoms with Crippen molar-refractivity contribution < 1.29 is 28.3 Å². The number of carbonyl (C=O) groups is 4. The quantitative estimate of drug-likeness (QED) is 0.318. The van der Waals surface area contributed by atoms with Gasteiger partial charge in [-0.25, -0.2) is 0 Å². The van der Waals surface area contributed by atoms with Crippen LogP contribution in [0.4, 0.5) is 0 Å². The smallest absolute Gasteiger partial charge is 0.262 e. The maximum absolute atomic E-state index is 14.0. The highest BCUT2D eigenvalue weighted by molar-refractivity contribution is 7.59. The molecule has 4 amide bonds. The third-order valence-electron chi connectivity index (χ3n) is 5.91. The zero-order chi connectivity index (χ0) is 27.3. The Balaban J connectivity index is 2.32. The Morgan fingerprint density at radius 1 is 1.06 bits per heavy atom. The predicted molar refractivity (Wildman–Crippen MR) is 139 cm³/mol. The molecule has 0 aromatic heterocycles. The van der Waals surface area contributed by atoms with E-state index in [0.29, 0.717) is 12.8 Å². The van der Waals surface area contributed by atoms with Crippen LogP contribution in [0.25, 0.3) is 0 Å². The second-order valence-corrected chi connectivity index (χ2v) is 13.4. The number of benzene rings is 1. The van der Waals surface area contributed by atoms with Crippen molar-refractivity contribution in [2.75, 3.05) is 26.1 Å². The minimum atomic E-state index is -3.65. The van der Waals surface area contributed by atoms with Gasteiger partial charge < -0.3 is 15.2 Å². The van der Waals surface area contributed by atoms with E-state index in [1.807, 2.05) is 34.6 Å². The Labute approximate surface area is 214 Å². The highest BCUT2D eigenvalue weighted by Crippen LogP contribution is 2.51. The molecule has 0 spiro atoms. The van der Waals surface area contributed by atoms with Gasteiger partial charge in [-0.15, -0.1) is 0 Å². The van der Waals surface area contributed by atoms with Crippen molar-refractivity contribution in [3.05, 3.63) is 35.4 Å². The SMILES string of the molecule is CCOP(=O)(CC(CC(C)(C)C)C(=O)N[C@@H](CC(C)C)C(=O)NC)CN1C(=O)c2ccccc2C1=O. The lowest BCUT2D eigenvalue weighted by molar-refractivity contribution is -0.131. The van der Waals surface area contributed by atoms with Crippen LogP contribution in [-0.4, -0.2) is 60.7 Å². The lowest BCUT2D eigenvalue weighted by Crippen LogP contribution is -2.49. The number of imide groups is 1. The zero-order valence-electron chi connectivity index (χ0n) is 22.4. The number of nitrogens with one attached hydrogen (secondary N) is 2. The average molecular weight is 522 g/mol. The molecule has 2 unspecified atom stereocenters. The summed E-state index contributed by atoms with van der Waals surface area (Å²) < 4.78 is 19.7. The van der Waals surface area contributed by atoms with Gasteiger partial charge in [0.2, 0.25) is 19.2 Å². The predicted octanol–water partition coefficient (Wildman–Crippen LogP) is 3.88. The van der Waals surface area contributed by atoms with Crippen molar-refractivity contribution in [2.24, 2.45) is 17.3 Å². The summed E-state index contributed by atoms with van der Waals surface area (Å²) in [5.74, 6) is -2.34. The molecular formula is C26H40N3O6P. The van der Waals surface area contributed by atoms with Gasteiger partial charge in [-0.05, 0) is 43.2 Å². The van der Waals surface area contributed by atoms with Crippen molar-refractivity contribution in [1.29, 1.82) is 0 Å². The fourth-order valence-electron chi connectivity index (χ4n) is 4.45. The van der Waals surface area contributed by atoms with E-state index in [1.165, 1.54) is 7.05 Å². The number of hydrogen-bond acceptors (Lipinski definition) is 6. The second-order valence-electron chi connectivity index (χ2n) is 10.9. The Morgan fingerprint density at radius 2 is 1.61 bits per heavy atom. The van der Waals surface area contributed by atoms with Gasteiger partial charge in [-0.1, -0.05) is 46.8 Å². The van der Waals surface area contributed by atoms with E-state index in [1.54, 1.807) is 31.2 Å². The maximum atomic E-state index is 14.0. The van der Waals surface area contributed by atoms with E-state index in [9.17, 15) is 23.7 Å². The molecule has 0 saturated carbocycles. The molecule has 3 atom stereocenters. The summed E-state index contributed by atoms with van der Waals surface area (Å²) in [6.45, 7) is 11.6. The van der Waals surface area contributed by atoms with E-state index >= 15 is 0 Å². The second kappa shape index (κ2) is 12.2. The Bertz CT molecular complexity index is 998. The summed E-state index contributed by atoms with van der Waals surface area (Å²) in [7, 11) is -2.13. The van der Waals surface area contributed by atoms with Gasteiger partial charge in [-0.3, -0.25) is 28.6 Å². The number of rotatable bonds is 12. The standard InChI is InChI=1S/C26H40N3O6P/c1-8-35-36(34,16-29-24(32)19-11-9-10-12-20(19)25(29)33)15-18(14-26(4,5)6)22(30)28-21(13-17(2)3)23(31)27-7/h9-12,17-18,21H,8,13-16H2,1-7H3,(H,27,31)(H,28,30)/t18?,21-,36?/m0/s1. The number of hydrogen-bond donors (Lipinski definition) is 2. The van der Waals surface area contributed by atoms with Crippen LogP contribution in [0, 0.1) is 17.3 Å². The lowest BCUT2D eigenvalue weighted by atomic mass is 9.85. The Kier molecular flexibility index (Phi) is 10.0. The van der Waals surface area contributed by atoms with Crippen LogP contribution < -0.4 is 10.6 Å². The highest BCUT2D eigenvalue weighted by Gasteiger charge is 2.42. The first kappa shape index (κ1) is 29.7. The van der Waals surface area contributed by atoms with Crippen LogP contribution in [0.15, 0.2) is 24.3 Å². The molecule has 0 fully saturated rings. The molecule has 36 heavy (non-hydrogen) atoms. The van der Waals surface area contributed by atoms with E-state index in [0.717, 1.165) is 4.90 Å². The first-order valence-electron chi connectivity index (χ1n) is 12.4. The number of likely N-dealkylation sites (N-methyl/N-ethyl adjacent to an activating group) is 1. The highest BCUT2D eigenvalue weighted by atomic mass is 31.2. The molecular weight excluding hydrogens is 481 g/mol. The molecule has 0 aliphatic carbocycles.